The summed E-state index contributed by atoms with van der Waals surface area (Å²) >= 11 is 5.89. The second kappa shape index (κ2) is 5.88. The van der Waals surface area contributed by atoms with E-state index in [-0.39, 0.29) is 5.15 Å². The van der Waals surface area contributed by atoms with Crippen molar-refractivity contribution in [3.05, 3.63) is 41.0 Å². The molecule has 0 aliphatic rings. The standard InChI is InChI=1S/C14H13ClN2O3/c1-2-10(14(19)20)17-13(18)9-7-12(15)16-11-6-4-3-5-8(9)11/h3-7,10H,2H2,1H3,(H,17,18)(H,19,20)/t10-/m0/s1. The Bertz CT molecular complexity index is 673. The normalized spacial score (nSPS) is 12.1. The van der Waals surface area contributed by atoms with Gasteiger partial charge in [-0.1, -0.05) is 36.7 Å². The van der Waals surface area contributed by atoms with Gasteiger partial charge in [0.1, 0.15) is 11.2 Å². The highest BCUT2D eigenvalue weighted by Gasteiger charge is 2.20. The summed E-state index contributed by atoms with van der Waals surface area (Å²) in [6, 6.07) is 7.58. The summed E-state index contributed by atoms with van der Waals surface area (Å²) in [5, 5.41) is 12.3. The molecule has 0 spiro atoms. The first-order valence-electron chi connectivity index (χ1n) is 6.12. The first-order chi connectivity index (χ1) is 9.52. The Morgan fingerprint density at radius 3 is 2.75 bits per heavy atom. The van der Waals surface area contributed by atoms with Crippen LogP contribution in [0.15, 0.2) is 30.3 Å². The first kappa shape index (κ1) is 14.3. The maximum absolute atomic E-state index is 12.2. The molecule has 20 heavy (non-hydrogen) atoms. The van der Waals surface area contributed by atoms with Gasteiger partial charge in [0.2, 0.25) is 0 Å². The number of benzene rings is 1. The minimum atomic E-state index is -1.06. The molecule has 0 saturated carbocycles. The number of hydrogen-bond donors (Lipinski definition) is 2. The van der Waals surface area contributed by atoms with E-state index in [9.17, 15) is 9.59 Å². The number of aliphatic carboxylic acids is 1. The molecule has 2 aromatic rings. The average molecular weight is 293 g/mol. The Balaban J connectivity index is 2.41. The number of pyridine rings is 1. The van der Waals surface area contributed by atoms with Crippen molar-refractivity contribution >= 4 is 34.4 Å². The van der Waals surface area contributed by atoms with Crippen molar-refractivity contribution in [1.82, 2.24) is 10.3 Å². The summed E-state index contributed by atoms with van der Waals surface area (Å²) in [6.07, 6.45) is 0.303. The van der Waals surface area contributed by atoms with Gasteiger partial charge in [0.25, 0.3) is 5.91 Å². The van der Waals surface area contributed by atoms with Crippen LogP contribution >= 0.6 is 11.6 Å². The number of aromatic nitrogens is 1. The Kier molecular flexibility index (Phi) is 4.20. The zero-order valence-electron chi connectivity index (χ0n) is 10.8. The van der Waals surface area contributed by atoms with Gasteiger partial charge in [0.05, 0.1) is 11.1 Å². The fourth-order valence-electron chi connectivity index (χ4n) is 1.91. The van der Waals surface area contributed by atoms with Crippen molar-refractivity contribution in [2.24, 2.45) is 0 Å². The summed E-state index contributed by atoms with van der Waals surface area (Å²) < 4.78 is 0. The van der Waals surface area contributed by atoms with Crippen LogP contribution in [-0.2, 0) is 4.79 Å². The van der Waals surface area contributed by atoms with Gasteiger partial charge in [-0.15, -0.1) is 0 Å². The Morgan fingerprint density at radius 2 is 2.10 bits per heavy atom. The third kappa shape index (κ3) is 2.88. The molecule has 1 amide bonds. The van der Waals surface area contributed by atoms with Crippen molar-refractivity contribution in [3.8, 4) is 0 Å². The topological polar surface area (TPSA) is 79.3 Å². The van der Waals surface area contributed by atoms with Gasteiger partial charge in [-0.2, -0.15) is 0 Å². The number of para-hydroxylation sites is 1. The lowest BCUT2D eigenvalue weighted by atomic mass is 10.1. The molecular weight excluding hydrogens is 280 g/mol. The molecule has 104 valence electrons. The molecule has 1 aromatic carbocycles. The fourth-order valence-corrected chi connectivity index (χ4v) is 2.11. The lowest BCUT2D eigenvalue weighted by Gasteiger charge is -2.13. The van der Waals surface area contributed by atoms with Crippen molar-refractivity contribution in [2.75, 3.05) is 0 Å². The van der Waals surface area contributed by atoms with E-state index in [0.29, 0.717) is 22.9 Å². The number of carbonyl (C=O) groups is 2. The maximum Gasteiger partial charge on any atom is 0.326 e. The largest absolute Gasteiger partial charge is 0.480 e. The van der Waals surface area contributed by atoms with Crippen molar-refractivity contribution < 1.29 is 14.7 Å². The minimum absolute atomic E-state index is 0.192. The molecule has 0 fully saturated rings. The molecule has 6 heteroatoms. The van der Waals surface area contributed by atoms with Crippen LogP contribution in [-0.4, -0.2) is 28.0 Å². The maximum atomic E-state index is 12.2. The molecular formula is C14H13ClN2O3. The first-order valence-corrected chi connectivity index (χ1v) is 6.49. The molecule has 1 atom stereocenters. The SMILES string of the molecule is CC[C@H](NC(=O)c1cc(Cl)nc2ccccc12)C(=O)O. The third-order valence-corrected chi connectivity index (χ3v) is 3.13. The molecule has 0 unspecified atom stereocenters. The summed E-state index contributed by atoms with van der Waals surface area (Å²) in [7, 11) is 0. The predicted octanol–water partition coefficient (Wildman–Crippen LogP) is 2.48. The van der Waals surface area contributed by atoms with Gasteiger partial charge in [0.15, 0.2) is 0 Å². The second-order valence-corrected chi connectivity index (χ2v) is 4.67. The summed E-state index contributed by atoms with van der Waals surface area (Å²) in [6.45, 7) is 1.69. The quantitative estimate of drug-likeness (QED) is 0.849. The van der Waals surface area contributed by atoms with Crippen LogP contribution in [0.2, 0.25) is 5.15 Å². The molecule has 1 heterocycles. The molecule has 0 bridgehead atoms. The van der Waals surface area contributed by atoms with E-state index in [0.717, 1.165) is 0 Å². The van der Waals surface area contributed by atoms with Crippen LogP contribution in [0, 0.1) is 0 Å². The van der Waals surface area contributed by atoms with Gasteiger partial charge in [-0.25, -0.2) is 9.78 Å². The minimum Gasteiger partial charge on any atom is -0.480 e. The molecule has 2 rings (SSSR count). The highest BCUT2D eigenvalue weighted by atomic mass is 35.5. The van der Waals surface area contributed by atoms with Crippen LogP contribution in [0.1, 0.15) is 23.7 Å². The number of nitrogens with one attached hydrogen (secondary N) is 1. The van der Waals surface area contributed by atoms with Gasteiger partial charge >= 0.3 is 5.97 Å². The molecule has 2 N–H and O–H groups in total. The summed E-state index contributed by atoms with van der Waals surface area (Å²) in [5.41, 5.74) is 0.911. The number of carboxylic acid groups (broad SMARTS) is 1. The van der Waals surface area contributed by atoms with Crippen molar-refractivity contribution in [3.63, 3.8) is 0 Å². The van der Waals surface area contributed by atoms with E-state index in [2.05, 4.69) is 10.3 Å². The van der Waals surface area contributed by atoms with Crippen molar-refractivity contribution in [1.29, 1.82) is 0 Å². The number of hydrogen-bond acceptors (Lipinski definition) is 3. The molecule has 5 nitrogen and oxygen atoms in total. The zero-order chi connectivity index (χ0) is 14.7. The number of halogens is 1. The van der Waals surface area contributed by atoms with Crippen LogP contribution < -0.4 is 5.32 Å². The highest BCUT2D eigenvalue weighted by Crippen LogP contribution is 2.20. The molecule has 1 aromatic heterocycles. The molecule has 0 aliphatic carbocycles. The van der Waals surface area contributed by atoms with Crippen molar-refractivity contribution in [2.45, 2.75) is 19.4 Å². The van der Waals surface area contributed by atoms with Gasteiger partial charge < -0.3 is 10.4 Å². The zero-order valence-corrected chi connectivity index (χ0v) is 11.5. The van der Waals surface area contributed by atoms with Crippen LogP contribution in [0.25, 0.3) is 10.9 Å². The molecule has 0 aliphatic heterocycles. The molecule has 0 radical (unpaired) electrons. The highest BCUT2D eigenvalue weighted by molar-refractivity contribution is 6.30. The second-order valence-electron chi connectivity index (χ2n) is 4.28. The smallest absolute Gasteiger partial charge is 0.326 e. The number of fused-ring (bicyclic) bond motifs is 1. The van der Waals surface area contributed by atoms with E-state index >= 15 is 0 Å². The lowest BCUT2D eigenvalue weighted by molar-refractivity contribution is -0.139. The van der Waals surface area contributed by atoms with E-state index in [1.54, 1.807) is 31.2 Å². The van der Waals surface area contributed by atoms with Crippen LogP contribution in [0.5, 0.6) is 0 Å². The Labute approximate surface area is 120 Å². The van der Waals surface area contributed by atoms with Gasteiger partial charge in [-0.3, -0.25) is 4.79 Å². The summed E-state index contributed by atoms with van der Waals surface area (Å²) in [4.78, 5) is 27.3. The van der Waals surface area contributed by atoms with E-state index in [1.165, 1.54) is 6.07 Å². The Morgan fingerprint density at radius 1 is 1.40 bits per heavy atom. The van der Waals surface area contributed by atoms with E-state index < -0.39 is 17.9 Å². The van der Waals surface area contributed by atoms with Gasteiger partial charge in [0, 0.05) is 5.39 Å². The van der Waals surface area contributed by atoms with E-state index in [1.807, 2.05) is 0 Å². The van der Waals surface area contributed by atoms with Crippen LogP contribution in [0.3, 0.4) is 0 Å². The van der Waals surface area contributed by atoms with Crippen LogP contribution in [0.4, 0.5) is 0 Å². The lowest BCUT2D eigenvalue weighted by Crippen LogP contribution is -2.40. The summed E-state index contributed by atoms with van der Waals surface area (Å²) in [5.74, 6) is -1.54. The van der Waals surface area contributed by atoms with Gasteiger partial charge in [-0.05, 0) is 18.6 Å². The molecule has 0 saturated heterocycles. The average Bonchev–Trinajstić information content (AvgIpc) is 2.43. The number of carbonyl (C=O) groups excluding carboxylic acids is 1. The monoisotopic (exact) mass is 292 g/mol. The number of nitrogens with zero attached hydrogens (tertiary/aromatic N) is 1. The predicted molar refractivity (Wildman–Crippen MR) is 75.9 cm³/mol. The Hall–Kier alpha value is -2.14. The van der Waals surface area contributed by atoms with E-state index in [4.69, 9.17) is 16.7 Å². The fraction of sp³-hybridized carbons (Fsp3) is 0.214. The number of carboxylic acids is 1. The number of amides is 1. The third-order valence-electron chi connectivity index (χ3n) is 2.94. The number of rotatable bonds is 4.